The maximum Gasteiger partial charge on any atom is 0.360 e. The van der Waals surface area contributed by atoms with E-state index in [2.05, 4.69) is 15.4 Å². The first-order valence-corrected chi connectivity index (χ1v) is 6.62. The van der Waals surface area contributed by atoms with Gasteiger partial charge in [0.05, 0.1) is 25.6 Å². The summed E-state index contributed by atoms with van der Waals surface area (Å²) < 4.78 is 13.3. The van der Waals surface area contributed by atoms with Gasteiger partial charge in [-0.15, -0.1) is 5.10 Å². The molecule has 8 heteroatoms. The van der Waals surface area contributed by atoms with E-state index in [1.54, 1.807) is 16.5 Å². The molecule has 2 rings (SSSR count). The molecule has 0 atom stereocenters. The summed E-state index contributed by atoms with van der Waals surface area (Å²) in [6.45, 7) is 1.11. The van der Waals surface area contributed by atoms with Gasteiger partial charge in [0.15, 0.2) is 5.69 Å². The van der Waals surface area contributed by atoms with Gasteiger partial charge >= 0.3 is 5.97 Å². The van der Waals surface area contributed by atoms with E-state index in [0.717, 1.165) is 17.7 Å². The monoisotopic (exact) mass is 293 g/mol. The lowest BCUT2D eigenvalue weighted by Crippen LogP contribution is -2.13. The van der Waals surface area contributed by atoms with Gasteiger partial charge in [0.1, 0.15) is 0 Å². The van der Waals surface area contributed by atoms with Crippen LogP contribution in [0.2, 0.25) is 0 Å². The Morgan fingerprint density at radius 2 is 2.14 bits per heavy atom. The van der Waals surface area contributed by atoms with Crippen molar-refractivity contribution in [3.63, 3.8) is 0 Å². The highest BCUT2D eigenvalue weighted by molar-refractivity contribution is 5.88. The summed E-state index contributed by atoms with van der Waals surface area (Å²) in [5, 5.41) is 12.1. The molecule has 0 saturated carbocycles. The molecular weight excluding hydrogens is 274 g/mol. The summed E-state index contributed by atoms with van der Waals surface area (Å²) in [5.41, 5.74) is 2.08. The third kappa shape index (κ3) is 3.66. The normalized spacial score (nSPS) is 10.8. The Morgan fingerprint density at radius 1 is 1.33 bits per heavy atom. The summed E-state index contributed by atoms with van der Waals surface area (Å²) in [4.78, 5) is 11.7. The van der Waals surface area contributed by atoms with Gasteiger partial charge < -0.3 is 9.47 Å². The number of nitrogens with zero attached hydrogens (tertiary/aromatic N) is 5. The molecule has 0 bridgehead atoms. The molecule has 0 aliphatic rings. The summed E-state index contributed by atoms with van der Waals surface area (Å²) in [5.74, 6) is -0.478. The number of ether oxygens (including phenoxy) is 2. The van der Waals surface area contributed by atoms with E-state index in [1.807, 2.05) is 19.4 Å². The van der Waals surface area contributed by atoms with Gasteiger partial charge in [-0.3, -0.25) is 4.68 Å². The van der Waals surface area contributed by atoms with Gasteiger partial charge in [0.2, 0.25) is 0 Å². The Hall–Kier alpha value is -2.22. The van der Waals surface area contributed by atoms with Crippen LogP contribution in [0.1, 0.15) is 21.7 Å². The lowest BCUT2D eigenvalue weighted by Gasteiger charge is -2.06. The number of methoxy groups -OCH3 is 2. The Labute approximate surface area is 122 Å². The second-order valence-electron chi connectivity index (χ2n) is 4.61. The maximum atomic E-state index is 11.7. The second kappa shape index (κ2) is 6.98. The van der Waals surface area contributed by atoms with E-state index in [4.69, 9.17) is 9.47 Å². The standard InChI is InChI=1S/C13H19N5O3/c1-17-9-10(8-14-17)4-6-18-11(5-7-20-2)12(15-16-18)13(19)21-3/h8-9H,4-7H2,1-3H3. The average Bonchev–Trinajstić information content (AvgIpc) is 3.08. The Balaban J connectivity index is 2.13. The zero-order valence-electron chi connectivity index (χ0n) is 12.4. The largest absolute Gasteiger partial charge is 0.464 e. The number of esters is 1. The van der Waals surface area contributed by atoms with Gasteiger partial charge in [0.25, 0.3) is 0 Å². The molecular formula is C13H19N5O3. The van der Waals surface area contributed by atoms with Gasteiger partial charge in [0, 0.05) is 33.3 Å². The van der Waals surface area contributed by atoms with Crippen molar-refractivity contribution in [2.24, 2.45) is 7.05 Å². The predicted molar refractivity (Wildman–Crippen MR) is 73.9 cm³/mol. The number of rotatable bonds is 7. The van der Waals surface area contributed by atoms with E-state index >= 15 is 0 Å². The van der Waals surface area contributed by atoms with Crippen molar-refractivity contribution in [3.05, 3.63) is 29.3 Å². The summed E-state index contributed by atoms with van der Waals surface area (Å²) >= 11 is 0. The smallest absolute Gasteiger partial charge is 0.360 e. The number of hydrogen-bond donors (Lipinski definition) is 0. The van der Waals surface area contributed by atoms with Crippen LogP contribution >= 0.6 is 0 Å². The van der Waals surface area contributed by atoms with E-state index in [1.165, 1.54) is 7.11 Å². The molecule has 8 nitrogen and oxygen atoms in total. The van der Waals surface area contributed by atoms with E-state index < -0.39 is 5.97 Å². The number of carbonyl (C=O) groups is 1. The van der Waals surface area contributed by atoms with Crippen LogP contribution in [0.25, 0.3) is 0 Å². The van der Waals surface area contributed by atoms with Crippen molar-refractivity contribution >= 4 is 5.97 Å². The molecule has 0 aromatic carbocycles. The predicted octanol–water partition coefficient (Wildman–Crippen LogP) is 0.230. The lowest BCUT2D eigenvalue weighted by molar-refractivity contribution is 0.0592. The van der Waals surface area contributed by atoms with Crippen molar-refractivity contribution in [1.82, 2.24) is 24.8 Å². The number of carbonyl (C=O) groups excluding carboxylic acids is 1. The van der Waals surface area contributed by atoms with E-state index in [-0.39, 0.29) is 5.69 Å². The average molecular weight is 293 g/mol. The van der Waals surface area contributed by atoms with Crippen LogP contribution in [-0.2, 0) is 35.9 Å². The third-order valence-corrected chi connectivity index (χ3v) is 3.13. The minimum absolute atomic E-state index is 0.251. The lowest BCUT2D eigenvalue weighted by atomic mass is 10.2. The highest BCUT2D eigenvalue weighted by Crippen LogP contribution is 2.10. The van der Waals surface area contributed by atoms with Gasteiger partial charge in [-0.2, -0.15) is 5.10 Å². The zero-order valence-corrected chi connectivity index (χ0v) is 12.4. The van der Waals surface area contributed by atoms with Crippen LogP contribution < -0.4 is 0 Å². The van der Waals surface area contributed by atoms with Crippen LogP contribution in [0.15, 0.2) is 12.4 Å². The molecule has 114 valence electrons. The van der Waals surface area contributed by atoms with Crippen molar-refractivity contribution in [2.45, 2.75) is 19.4 Å². The Morgan fingerprint density at radius 3 is 2.76 bits per heavy atom. The molecule has 0 radical (unpaired) electrons. The molecule has 0 spiro atoms. The quantitative estimate of drug-likeness (QED) is 0.679. The summed E-state index contributed by atoms with van der Waals surface area (Å²) in [7, 11) is 4.82. The first-order valence-electron chi connectivity index (χ1n) is 6.62. The zero-order chi connectivity index (χ0) is 15.2. The van der Waals surface area contributed by atoms with E-state index in [9.17, 15) is 4.79 Å². The highest BCUT2D eigenvalue weighted by Gasteiger charge is 2.19. The highest BCUT2D eigenvalue weighted by atomic mass is 16.5. The van der Waals surface area contributed by atoms with Gasteiger partial charge in [-0.05, 0) is 12.0 Å². The molecule has 0 aliphatic heterocycles. The molecule has 0 aliphatic carbocycles. The summed E-state index contributed by atoms with van der Waals surface area (Å²) in [6.07, 6.45) is 5.08. The minimum Gasteiger partial charge on any atom is -0.464 e. The first kappa shape index (κ1) is 15.2. The molecule has 2 aromatic heterocycles. The molecule has 0 N–H and O–H groups in total. The fraction of sp³-hybridized carbons (Fsp3) is 0.538. The molecule has 0 fully saturated rings. The third-order valence-electron chi connectivity index (χ3n) is 3.13. The molecule has 0 saturated heterocycles. The topological polar surface area (TPSA) is 84.1 Å². The van der Waals surface area contributed by atoms with Crippen LogP contribution in [-0.4, -0.2) is 51.6 Å². The molecule has 0 amide bonds. The number of hydrogen-bond acceptors (Lipinski definition) is 6. The fourth-order valence-corrected chi connectivity index (χ4v) is 2.05. The van der Waals surface area contributed by atoms with Crippen LogP contribution in [0.5, 0.6) is 0 Å². The molecule has 2 aromatic rings. The van der Waals surface area contributed by atoms with Gasteiger partial charge in [-0.1, -0.05) is 5.21 Å². The van der Waals surface area contributed by atoms with Crippen molar-refractivity contribution in [3.8, 4) is 0 Å². The van der Waals surface area contributed by atoms with Crippen LogP contribution in [0.3, 0.4) is 0 Å². The fourth-order valence-electron chi connectivity index (χ4n) is 2.05. The molecule has 0 unspecified atom stereocenters. The molecule has 2 heterocycles. The number of aromatic nitrogens is 5. The molecule has 21 heavy (non-hydrogen) atoms. The van der Waals surface area contributed by atoms with Crippen LogP contribution in [0, 0.1) is 0 Å². The Bertz CT molecular complexity index is 605. The van der Waals surface area contributed by atoms with Crippen molar-refractivity contribution in [1.29, 1.82) is 0 Å². The second-order valence-corrected chi connectivity index (χ2v) is 4.61. The number of aryl methyl sites for hydroxylation is 3. The minimum atomic E-state index is -0.478. The SMILES string of the molecule is COCCc1c(C(=O)OC)nnn1CCc1cnn(C)c1. The Kier molecular flexibility index (Phi) is 5.04. The maximum absolute atomic E-state index is 11.7. The van der Waals surface area contributed by atoms with Crippen molar-refractivity contribution < 1.29 is 14.3 Å². The van der Waals surface area contributed by atoms with E-state index in [0.29, 0.717) is 19.6 Å². The van der Waals surface area contributed by atoms with Gasteiger partial charge in [-0.25, -0.2) is 9.48 Å². The van der Waals surface area contributed by atoms with Crippen molar-refractivity contribution in [2.75, 3.05) is 20.8 Å². The first-order chi connectivity index (χ1) is 10.2. The summed E-state index contributed by atoms with van der Waals surface area (Å²) in [6, 6.07) is 0. The van der Waals surface area contributed by atoms with Crippen LogP contribution in [0.4, 0.5) is 0 Å².